The van der Waals surface area contributed by atoms with E-state index in [-0.39, 0.29) is 16.2 Å². The Balaban J connectivity index is 2.42. The van der Waals surface area contributed by atoms with Gasteiger partial charge in [-0.05, 0) is 48.7 Å². The van der Waals surface area contributed by atoms with E-state index in [1.54, 1.807) is 23.9 Å². The monoisotopic (exact) mass is 352 g/mol. The van der Waals surface area contributed by atoms with Crippen molar-refractivity contribution < 1.29 is 17.9 Å². The summed E-state index contributed by atoms with van der Waals surface area (Å²) in [6, 6.07) is 11.2. The SMILES string of the molecule is CNC(=O)c1cc(S(N)(=O)=O)ccc1Oc1ccc(SC)cc1. The minimum Gasteiger partial charge on any atom is -0.457 e. The number of nitrogens with one attached hydrogen (secondary N) is 1. The van der Waals surface area contributed by atoms with Crippen molar-refractivity contribution in [1.82, 2.24) is 5.32 Å². The van der Waals surface area contributed by atoms with Gasteiger partial charge in [-0.15, -0.1) is 11.8 Å². The standard InChI is InChI=1S/C15H16N2O4S2/c1-17-15(18)13-9-12(23(16,19)20)7-8-14(13)21-10-3-5-11(22-2)6-4-10/h3-9H,1-2H3,(H,17,18)(H2,16,19,20). The molecular weight excluding hydrogens is 336 g/mol. The Kier molecular flexibility index (Phi) is 5.30. The van der Waals surface area contributed by atoms with Crippen LogP contribution < -0.4 is 15.2 Å². The van der Waals surface area contributed by atoms with Gasteiger partial charge in [0.15, 0.2) is 0 Å². The van der Waals surface area contributed by atoms with Crippen molar-refractivity contribution in [2.45, 2.75) is 9.79 Å². The van der Waals surface area contributed by atoms with E-state index in [1.165, 1.54) is 25.2 Å². The number of primary sulfonamides is 1. The van der Waals surface area contributed by atoms with Crippen LogP contribution in [0.25, 0.3) is 0 Å². The zero-order valence-electron chi connectivity index (χ0n) is 12.6. The first-order valence-electron chi connectivity index (χ1n) is 6.56. The van der Waals surface area contributed by atoms with Crippen molar-refractivity contribution in [3.05, 3.63) is 48.0 Å². The van der Waals surface area contributed by atoms with Crippen molar-refractivity contribution in [3.8, 4) is 11.5 Å². The van der Waals surface area contributed by atoms with E-state index in [0.29, 0.717) is 5.75 Å². The molecule has 0 aliphatic heterocycles. The predicted octanol–water partition coefficient (Wildman–Crippen LogP) is 2.21. The lowest BCUT2D eigenvalue weighted by Crippen LogP contribution is -2.20. The maximum absolute atomic E-state index is 12.0. The van der Waals surface area contributed by atoms with E-state index in [4.69, 9.17) is 9.88 Å². The van der Waals surface area contributed by atoms with Crippen LogP contribution in [0.2, 0.25) is 0 Å². The van der Waals surface area contributed by atoms with Gasteiger partial charge in [0.2, 0.25) is 10.0 Å². The first-order valence-corrected chi connectivity index (χ1v) is 9.33. The summed E-state index contributed by atoms with van der Waals surface area (Å²) >= 11 is 1.60. The summed E-state index contributed by atoms with van der Waals surface area (Å²) < 4.78 is 28.6. The van der Waals surface area contributed by atoms with Gasteiger partial charge in [-0.25, -0.2) is 13.6 Å². The van der Waals surface area contributed by atoms with Crippen molar-refractivity contribution in [2.75, 3.05) is 13.3 Å². The van der Waals surface area contributed by atoms with Gasteiger partial charge in [-0.1, -0.05) is 0 Å². The molecule has 0 saturated heterocycles. The van der Waals surface area contributed by atoms with Crippen LogP contribution in [0.1, 0.15) is 10.4 Å². The number of hydrogen-bond acceptors (Lipinski definition) is 5. The van der Waals surface area contributed by atoms with E-state index >= 15 is 0 Å². The Labute approximate surface area is 139 Å². The molecule has 8 heteroatoms. The molecule has 0 heterocycles. The van der Waals surface area contributed by atoms with Crippen LogP contribution in [-0.4, -0.2) is 27.6 Å². The Bertz CT molecular complexity index is 818. The van der Waals surface area contributed by atoms with Crippen LogP contribution >= 0.6 is 11.8 Å². The highest BCUT2D eigenvalue weighted by Crippen LogP contribution is 2.28. The van der Waals surface area contributed by atoms with Gasteiger partial charge in [-0.3, -0.25) is 4.79 Å². The van der Waals surface area contributed by atoms with Crippen LogP contribution in [-0.2, 0) is 10.0 Å². The summed E-state index contributed by atoms with van der Waals surface area (Å²) in [6.45, 7) is 0. The number of sulfonamides is 1. The lowest BCUT2D eigenvalue weighted by Gasteiger charge is -2.12. The van der Waals surface area contributed by atoms with Gasteiger partial charge in [0.25, 0.3) is 5.91 Å². The molecule has 0 aliphatic rings. The molecule has 122 valence electrons. The van der Waals surface area contributed by atoms with Crippen LogP contribution in [0.5, 0.6) is 11.5 Å². The summed E-state index contributed by atoms with van der Waals surface area (Å²) in [4.78, 5) is 12.9. The zero-order valence-corrected chi connectivity index (χ0v) is 14.2. The second-order valence-electron chi connectivity index (χ2n) is 4.56. The van der Waals surface area contributed by atoms with Crippen LogP contribution in [0.15, 0.2) is 52.3 Å². The number of nitrogens with two attached hydrogens (primary N) is 1. The smallest absolute Gasteiger partial charge is 0.254 e. The summed E-state index contributed by atoms with van der Waals surface area (Å²) in [5.41, 5.74) is 0.0907. The van der Waals surface area contributed by atoms with Gasteiger partial charge in [0.05, 0.1) is 10.5 Å². The van der Waals surface area contributed by atoms with Gasteiger partial charge >= 0.3 is 0 Å². The minimum atomic E-state index is -3.90. The number of carbonyl (C=O) groups excluding carboxylic acids is 1. The Hall–Kier alpha value is -2.03. The molecule has 3 N–H and O–H groups in total. The fourth-order valence-corrected chi connectivity index (χ4v) is 2.81. The number of hydrogen-bond donors (Lipinski definition) is 2. The van der Waals surface area contributed by atoms with E-state index in [9.17, 15) is 13.2 Å². The van der Waals surface area contributed by atoms with Crippen molar-refractivity contribution >= 4 is 27.7 Å². The quantitative estimate of drug-likeness (QED) is 0.804. The highest BCUT2D eigenvalue weighted by molar-refractivity contribution is 7.98. The molecule has 0 fully saturated rings. The van der Waals surface area contributed by atoms with Crippen LogP contribution in [0.3, 0.4) is 0 Å². The Morgan fingerprint density at radius 3 is 2.35 bits per heavy atom. The number of rotatable bonds is 5. The first kappa shape index (κ1) is 17.3. The molecule has 0 aromatic heterocycles. The maximum Gasteiger partial charge on any atom is 0.254 e. The molecule has 0 radical (unpaired) electrons. The highest BCUT2D eigenvalue weighted by atomic mass is 32.2. The molecule has 0 spiro atoms. The summed E-state index contributed by atoms with van der Waals surface area (Å²) in [7, 11) is -2.46. The molecule has 2 aromatic rings. The van der Waals surface area contributed by atoms with Crippen LogP contribution in [0, 0.1) is 0 Å². The molecule has 2 aromatic carbocycles. The lowest BCUT2D eigenvalue weighted by atomic mass is 10.2. The second kappa shape index (κ2) is 7.03. The Morgan fingerprint density at radius 2 is 1.83 bits per heavy atom. The largest absolute Gasteiger partial charge is 0.457 e. The number of thioether (sulfide) groups is 1. The van der Waals surface area contributed by atoms with Gasteiger partial charge in [0.1, 0.15) is 11.5 Å². The maximum atomic E-state index is 12.0. The summed E-state index contributed by atoms with van der Waals surface area (Å²) in [5, 5.41) is 7.55. The molecule has 0 unspecified atom stereocenters. The van der Waals surface area contributed by atoms with E-state index in [1.807, 2.05) is 18.4 Å². The number of benzene rings is 2. The molecular formula is C15H16N2O4S2. The number of ether oxygens (including phenoxy) is 1. The fraction of sp³-hybridized carbons (Fsp3) is 0.133. The van der Waals surface area contributed by atoms with E-state index in [2.05, 4.69) is 5.32 Å². The molecule has 0 atom stereocenters. The number of amides is 1. The zero-order chi connectivity index (χ0) is 17.0. The highest BCUT2D eigenvalue weighted by Gasteiger charge is 2.17. The van der Waals surface area contributed by atoms with Crippen molar-refractivity contribution in [1.29, 1.82) is 0 Å². The average molecular weight is 352 g/mol. The topological polar surface area (TPSA) is 98.5 Å². The molecule has 1 amide bonds. The minimum absolute atomic E-state index is 0.0907. The molecule has 23 heavy (non-hydrogen) atoms. The fourth-order valence-electron chi connectivity index (χ4n) is 1.86. The Morgan fingerprint density at radius 1 is 1.17 bits per heavy atom. The first-order chi connectivity index (χ1) is 10.8. The lowest BCUT2D eigenvalue weighted by molar-refractivity contribution is 0.0960. The third kappa shape index (κ3) is 4.25. The average Bonchev–Trinajstić information content (AvgIpc) is 2.54. The third-order valence-corrected chi connectivity index (χ3v) is 4.69. The molecule has 2 rings (SSSR count). The molecule has 0 saturated carbocycles. The van der Waals surface area contributed by atoms with Crippen molar-refractivity contribution in [2.24, 2.45) is 5.14 Å². The molecule has 0 aliphatic carbocycles. The molecule has 0 bridgehead atoms. The van der Waals surface area contributed by atoms with Crippen LogP contribution in [0.4, 0.5) is 0 Å². The van der Waals surface area contributed by atoms with Gasteiger partial charge in [-0.2, -0.15) is 0 Å². The van der Waals surface area contributed by atoms with Gasteiger partial charge in [0, 0.05) is 11.9 Å². The van der Waals surface area contributed by atoms with Crippen molar-refractivity contribution in [3.63, 3.8) is 0 Å². The van der Waals surface area contributed by atoms with Gasteiger partial charge < -0.3 is 10.1 Å². The number of carbonyl (C=O) groups is 1. The predicted molar refractivity (Wildman–Crippen MR) is 89.5 cm³/mol. The third-order valence-electron chi connectivity index (χ3n) is 3.04. The summed E-state index contributed by atoms with van der Waals surface area (Å²) in [6.07, 6.45) is 1.96. The van der Waals surface area contributed by atoms with E-state index < -0.39 is 15.9 Å². The normalized spacial score (nSPS) is 11.1. The summed E-state index contributed by atoms with van der Waals surface area (Å²) in [5.74, 6) is 0.316. The second-order valence-corrected chi connectivity index (χ2v) is 7.00. The molecule has 6 nitrogen and oxygen atoms in total. The van der Waals surface area contributed by atoms with E-state index in [0.717, 1.165) is 4.90 Å².